The zero-order valence-electron chi connectivity index (χ0n) is 11.5. The van der Waals surface area contributed by atoms with Gasteiger partial charge in [-0.3, -0.25) is 0 Å². The minimum atomic E-state index is 0.261. The molecule has 17 heavy (non-hydrogen) atoms. The standard InChI is InChI=1S/C15H25NO/c1-12(2)11-16-9-8-14(4)17-15-7-5-6-13(3)10-15/h5-7,10,12,14,16H,8-9,11H2,1-4H3. The van der Waals surface area contributed by atoms with E-state index in [0.717, 1.165) is 25.3 Å². The molecule has 1 N–H and O–H groups in total. The van der Waals surface area contributed by atoms with Crippen LogP contribution >= 0.6 is 0 Å². The van der Waals surface area contributed by atoms with E-state index in [9.17, 15) is 0 Å². The SMILES string of the molecule is Cc1cccc(OC(C)CCNCC(C)C)c1. The van der Waals surface area contributed by atoms with E-state index in [-0.39, 0.29) is 6.10 Å². The van der Waals surface area contributed by atoms with E-state index in [2.05, 4.69) is 45.1 Å². The van der Waals surface area contributed by atoms with Crippen molar-refractivity contribution in [3.8, 4) is 5.75 Å². The van der Waals surface area contributed by atoms with Gasteiger partial charge in [-0.05, 0) is 57.0 Å². The number of ether oxygens (including phenoxy) is 1. The third kappa shape index (κ3) is 6.32. The second kappa shape index (κ2) is 7.33. The summed E-state index contributed by atoms with van der Waals surface area (Å²) in [6.07, 6.45) is 1.30. The van der Waals surface area contributed by atoms with Crippen molar-refractivity contribution in [2.24, 2.45) is 5.92 Å². The Labute approximate surface area is 105 Å². The molecule has 0 bridgehead atoms. The molecule has 96 valence electrons. The van der Waals surface area contributed by atoms with Crippen molar-refractivity contribution in [3.05, 3.63) is 29.8 Å². The van der Waals surface area contributed by atoms with Gasteiger partial charge in [-0.2, -0.15) is 0 Å². The lowest BCUT2D eigenvalue weighted by Crippen LogP contribution is -2.25. The van der Waals surface area contributed by atoms with Crippen LogP contribution in [0.5, 0.6) is 5.75 Å². The van der Waals surface area contributed by atoms with Crippen molar-refractivity contribution in [2.45, 2.75) is 40.2 Å². The minimum absolute atomic E-state index is 0.261. The quantitative estimate of drug-likeness (QED) is 0.731. The molecule has 1 aromatic carbocycles. The summed E-state index contributed by atoms with van der Waals surface area (Å²) >= 11 is 0. The van der Waals surface area contributed by atoms with Gasteiger partial charge in [0.1, 0.15) is 5.75 Å². The van der Waals surface area contributed by atoms with Gasteiger partial charge in [0.2, 0.25) is 0 Å². The largest absolute Gasteiger partial charge is 0.491 e. The predicted octanol–water partition coefficient (Wildman–Crippen LogP) is 3.40. The molecule has 1 rings (SSSR count). The fraction of sp³-hybridized carbons (Fsp3) is 0.600. The molecule has 0 spiro atoms. The number of hydrogen-bond acceptors (Lipinski definition) is 2. The van der Waals surface area contributed by atoms with Crippen LogP contribution in [0.25, 0.3) is 0 Å². The van der Waals surface area contributed by atoms with Gasteiger partial charge in [0.25, 0.3) is 0 Å². The lowest BCUT2D eigenvalue weighted by molar-refractivity contribution is 0.209. The molecule has 0 heterocycles. The van der Waals surface area contributed by atoms with Crippen molar-refractivity contribution in [2.75, 3.05) is 13.1 Å². The van der Waals surface area contributed by atoms with Crippen LogP contribution in [0.1, 0.15) is 32.8 Å². The first-order valence-electron chi connectivity index (χ1n) is 6.52. The molecule has 2 nitrogen and oxygen atoms in total. The average molecular weight is 235 g/mol. The third-order valence-corrected chi connectivity index (χ3v) is 2.61. The molecule has 1 unspecified atom stereocenters. The van der Waals surface area contributed by atoms with E-state index in [4.69, 9.17) is 4.74 Å². The molecule has 1 aromatic rings. The molecule has 0 saturated carbocycles. The Bertz CT molecular complexity index is 322. The monoisotopic (exact) mass is 235 g/mol. The fourth-order valence-electron chi connectivity index (χ4n) is 1.68. The first-order valence-corrected chi connectivity index (χ1v) is 6.52. The Hall–Kier alpha value is -1.02. The van der Waals surface area contributed by atoms with Crippen molar-refractivity contribution in [1.82, 2.24) is 5.32 Å². The van der Waals surface area contributed by atoms with Crippen LogP contribution in [0.2, 0.25) is 0 Å². The number of benzene rings is 1. The molecule has 0 amide bonds. The van der Waals surface area contributed by atoms with Gasteiger partial charge >= 0.3 is 0 Å². The Balaban J connectivity index is 2.23. The van der Waals surface area contributed by atoms with Gasteiger partial charge in [0.15, 0.2) is 0 Å². The van der Waals surface area contributed by atoms with Crippen molar-refractivity contribution < 1.29 is 4.74 Å². The molecule has 1 atom stereocenters. The molecule has 0 aromatic heterocycles. The molecular weight excluding hydrogens is 210 g/mol. The Morgan fingerprint density at radius 3 is 2.65 bits per heavy atom. The maximum absolute atomic E-state index is 5.86. The van der Waals surface area contributed by atoms with E-state index >= 15 is 0 Å². The lowest BCUT2D eigenvalue weighted by Gasteiger charge is -2.16. The van der Waals surface area contributed by atoms with Crippen LogP contribution in [0.15, 0.2) is 24.3 Å². The summed E-state index contributed by atoms with van der Waals surface area (Å²) in [5.74, 6) is 1.68. The van der Waals surface area contributed by atoms with E-state index in [1.54, 1.807) is 0 Å². The predicted molar refractivity (Wildman–Crippen MR) is 73.6 cm³/mol. The van der Waals surface area contributed by atoms with Crippen LogP contribution in [0.3, 0.4) is 0 Å². The lowest BCUT2D eigenvalue weighted by atomic mass is 10.2. The molecular formula is C15H25NO. The van der Waals surface area contributed by atoms with E-state index in [1.165, 1.54) is 5.56 Å². The Morgan fingerprint density at radius 2 is 2.00 bits per heavy atom. The number of aryl methyl sites for hydroxylation is 1. The van der Waals surface area contributed by atoms with E-state index in [0.29, 0.717) is 5.92 Å². The summed E-state index contributed by atoms with van der Waals surface area (Å²) in [4.78, 5) is 0. The third-order valence-electron chi connectivity index (χ3n) is 2.61. The van der Waals surface area contributed by atoms with E-state index in [1.807, 2.05) is 12.1 Å². The Kier molecular flexibility index (Phi) is 6.06. The van der Waals surface area contributed by atoms with Crippen molar-refractivity contribution in [3.63, 3.8) is 0 Å². The molecule has 0 radical (unpaired) electrons. The van der Waals surface area contributed by atoms with Gasteiger partial charge in [-0.15, -0.1) is 0 Å². The van der Waals surface area contributed by atoms with Crippen LogP contribution in [-0.4, -0.2) is 19.2 Å². The summed E-state index contributed by atoms with van der Waals surface area (Å²) in [6, 6.07) is 8.22. The topological polar surface area (TPSA) is 21.3 Å². The maximum Gasteiger partial charge on any atom is 0.119 e. The zero-order chi connectivity index (χ0) is 12.7. The first-order chi connectivity index (χ1) is 8.08. The summed E-state index contributed by atoms with van der Waals surface area (Å²) in [7, 11) is 0. The van der Waals surface area contributed by atoms with Crippen molar-refractivity contribution >= 4 is 0 Å². The van der Waals surface area contributed by atoms with Gasteiger partial charge in [0, 0.05) is 0 Å². The fourth-order valence-corrected chi connectivity index (χ4v) is 1.68. The van der Waals surface area contributed by atoms with Crippen LogP contribution < -0.4 is 10.1 Å². The summed E-state index contributed by atoms with van der Waals surface area (Å²) in [5.41, 5.74) is 1.24. The summed E-state index contributed by atoms with van der Waals surface area (Å²) in [6.45, 7) is 10.8. The zero-order valence-corrected chi connectivity index (χ0v) is 11.5. The van der Waals surface area contributed by atoms with Gasteiger partial charge in [-0.1, -0.05) is 26.0 Å². The minimum Gasteiger partial charge on any atom is -0.491 e. The molecule has 0 fully saturated rings. The second-order valence-electron chi connectivity index (χ2n) is 5.13. The number of nitrogens with one attached hydrogen (secondary N) is 1. The normalized spacial score (nSPS) is 12.8. The Morgan fingerprint density at radius 1 is 1.24 bits per heavy atom. The van der Waals surface area contributed by atoms with Crippen LogP contribution in [0.4, 0.5) is 0 Å². The molecule has 0 aliphatic rings. The van der Waals surface area contributed by atoms with Gasteiger partial charge in [0.05, 0.1) is 6.10 Å². The first kappa shape index (κ1) is 14.0. The molecule has 2 heteroatoms. The summed E-state index contributed by atoms with van der Waals surface area (Å²) < 4.78 is 5.86. The van der Waals surface area contributed by atoms with E-state index < -0.39 is 0 Å². The summed E-state index contributed by atoms with van der Waals surface area (Å²) in [5, 5.41) is 3.43. The van der Waals surface area contributed by atoms with Crippen LogP contribution in [-0.2, 0) is 0 Å². The highest BCUT2D eigenvalue weighted by molar-refractivity contribution is 5.27. The van der Waals surface area contributed by atoms with Gasteiger partial charge in [-0.25, -0.2) is 0 Å². The second-order valence-corrected chi connectivity index (χ2v) is 5.13. The van der Waals surface area contributed by atoms with Crippen LogP contribution in [0, 0.1) is 12.8 Å². The maximum atomic E-state index is 5.86. The highest BCUT2D eigenvalue weighted by atomic mass is 16.5. The molecule has 0 saturated heterocycles. The number of hydrogen-bond donors (Lipinski definition) is 1. The number of rotatable bonds is 7. The smallest absolute Gasteiger partial charge is 0.119 e. The van der Waals surface area contributed by atoms with Gasteiger partial charge < -0.3 is 10.1 Å². The van der Waals surface area contributed by atoms with Crippen molar-refractivity contribution in [1.29, 1.82) is 0 Å². The highest BCUT2D eigenvalue weighted by Crippen LogP contribution is 2.14. The highest BCUT2D eigenvalue weighted by Gasteiger charge is 2.04. The molecule has 0 aliphatic carbocycles. The molecule has 0 aliphatic heterocycles. The average Bonchev–Trinajstić information content (AvgIpc) is 2.24.